The number of carbonyl (C=O) groups excluding carboxylic acids is 3. The number of hydrogen-bond acceptors (Lipinski definition) is 13. The zero-order valence-electron chi connectivity index (χ0n) is 52.6. The molecule has 7 heterocycles. The molecular formula is C74H78N12O7. The Labute approximate surface area is 540 Å². The fraction of sp³-hybridized carbons (Fsp3) is 0.365. The maximum absolute atomic E-state index is 13.2. The molecule has 4 aliphatic heterocycles. The topological polar surface area (TPSA) is 216 Å². The molecule has 2 aliphatic carbocycles. The lowest BCUT2D eigenvalue weighted by atomic mass is 9.96. The first-order valence-corrected chi connectivity index (χ1v) is 32.9. The average Bonchev–Trinajstić information content (AvgIpc) is 1.68. The first-order chi connectivity index (χ1) is 45.5. The van der Waals surface area contributed by atoms with E-state index in [9.17, 15) is 24.0 Å². The maximum Gasteiger partial charge on any atom is 0.409 e. The number of ether oxygens (including phenoxy) is 2. The molecule has 19 heteroatoms. The van der Waals surface area contributed by atoms with Crippen molar-refractivity contribution in [1.82, 2.24) is 59.7 Å². The largest absolute Gasteiger partial charge is 0.448 e. The zero-order chi connectivity index (χ0) is 63.5. The van der Waals surface area contributed by atoms with Crippen LogP contribution < -0.4 is 16.4 Å². The van der Waals surface area contributed by atoms with Crippen LogP contribution in [0.3, 0.4) is 0 Å². The van der Waals surface area contributed by atoms with Crippen LogP contribution in [0, 0.1) is 17.8 Å². The monoisotopic (exact) mass is 1250 g/mol. The third-order valence-electron chi connectivity index (χ3n) is 20.1. The van der Waals surface area contributed by atoms with Crippen LogP contribution in [0.1, 0.15) is 126 Å². The maximum atomic E-state index is 13.2. The summed E-state index contributed by atoms with van der Waals surface area (Å²) in [7, 11) is 0. The number of piperidine rings is 2. The van der Waals surface area contributed by atoms with Gasteiger partial charge in [-0.25, -0.2) is 19.1 Å². The van der Waals surface area contributed by atoms with Gasteiger partial charge in [0.1, 0.15) is 36.4 Å². The molecule has 3 aromatic heterocycles. The number of benzene rings is 6. The average molecular weight is 1250 g/mol. The van der Waals surface area contributed by atoms with Crippen molar-refractivity contribution in [3.05, 3.63) is 241 Å². The first-order valence-electron chi connectivity index (χ1n) is 32.9. The second-order valence-corrected chi connectivity index (χ2v) is 26.1. The van der Waals surface area contributed by atoms with Gasteiger partial charge in [-0.2, -0.15) is 5.10 Å². The minimum atomic E-state index is -0.354. The number of fused-ring (bicyclic) bond motifs is 7. The van der Waals surface area contributed by atoms with Crippen molar-refractivity contribution in [3.8, 4) is 22.3 Å². The van der Waals surface area contributed by atoms with Crippen molar-refractivity contribution in [2.45, 2.75) is 88.8 Å². The van der Waals surface area contributed by atoms with Crippen molar-refractivity contribution in [1.29, 1.82) is 0 Å². The number of nitrogens with zero attached hydrogens (tertiary/aromatic N) is 9. The highest BCUT2D eigenvalue weighted by Gasteiger charge is 2.38. The number of aromatic nitrogens is 7. The molecular weight excluding hydrogens is 1170 g/mol. The molecule has 4 atom stereocenters. The molecule has 4 fully saturated rings. The lowest BCUT2D eigenvalue weighted by molar-refractivity contribution is -0.126. The van der Waals surface area contributed by atoms with E-state index in [1.165, 1.54) is 55.6 Å². The molecule has 4 saturated heterocycles. The molecule has 476 valence electrons. The van der Waals surface area contributed by atoms with Gasteiger partial charge in [0, 0.05) is 101 Å². The summed E-state index contributed by atoms with van der Waals surface area (Å²) in [5.41, 5.74) is 12.3. The van der Waals surface area contributed by atoms with Gasteiger partial charge in [0.15, 0.2) is 5.52 Å². The Balaban J connectivity index is 0.000000161. The number of H-pyrrole nitrogens is 2. The Morgan fingerprint density at radius 1 is 0.527 bits per heavy atom. The number of nitrogens with one attached hydrogen (secondary N) is 3. The SMILES string of the molecule is CC1CN(Cc2ccccc2)CC1c1nn2c(C3CCN(C(=O)OCC4c5ccccc5-c5ccccc54)CC3)ncc2c(=O)[nH]1.CC1CN(Cc2ccccc2)CC1c1nnc(CNC(=O)C2CCN(C(=O)OCC3c4ccccc4-c4ccccc43)CC2)c(=O)[nH]1. The van der Waals surface area contributed by atoms with Gasteiger partial charge in [0.25, 0.3) is 11.1 Å². The van der Waals surface area contributed by atoms with E-state index >= 15 is 0 Å². The van der Waals surface area contributed by atoms with Crippen LogP contribution >= 0.6 is 0 Å². The smallest absolute Gasteiger partial charge is 0.409 e. The summed E-state index contributed by atoms with van der Waals surface area (Å²) in [4.78, 5) is 84.2. The van der Waals surface area contributed by atoms with Gasteiger partial charge >= 0.3 is 12.2 Å². The van der Waals surface area contributed by atoms with Crippen LogP contribution in [0.15, 0.2) is 174 Å². The van der Waals surface area contributed by atoms with Gasteiger partial charge in [-0.1, -0.05) is 172 Å². The van der Waals surface area contributed by atoms with E-state index in [4.69, 9.17) is 14.6 Å². The van der Waals surface area contributed by atoms with Crippen molar-refractivity contribution in [3.63, 3.8) is 0 Å². The summed E-state index contributed by atoms with van der Waals surface area (Å²) in [5, 5.41) is 16.4. The van der Waals surface area contributed by atoms with Crippen molar-refractivity contribution in [2.75, 3.05) is 65.6 Å². The Morgan fingerprint density at radius 3 is 1.45 bits per heavy atom. The Kier molecular flexibility index (Phi) is 17.6. The molecule has 0 spiro atoms. The van der Waals surface area contributed by atoms with Crippen molar-refractivity contribution in [2.24, 2.45) is 17.8 Å². The molecule has 93 heavy (non-hydrogen) atoms. The zero-order valence-corrected chi connectivity index (χ0v) is 52.6. The lowest BCUT2D eigenvalue weighted by Gasteiger charge is -2.31. The summed E-state index contributed by atoms with van der Waals surface area (Å²) >= 11 is 0. The normalized spacial score (nSPS) is 20.0. The van der Waals surface area contributed by atoms with Crippen molar-refractivity contribution >= 4 is 23.6 Å². The predicted molar refractivity (Wildman–Crippen MR) is 353 cm³/mol. The summed E-state index contributed by atoms with van der Waals surface area (Å²) in [6.07, 6.45) is 3.51. The highest BCUT2D eigenvalue weighted by molar-refractivity contribution is 5.81. The predicted octanol–water partition coefficient (Wildman–Crippen LogP) is 10.5. The van der Waals surface area contributed by atoms with Gasteiger partial charge in [-0.3, -0.25) is 24.2 Å². The van der Waals surface area contributed by atoms with E-state index in [-0.39, 0.29) is 83.6 Å². The minimum absolute atomic E-state index is 0.00544. The second-order valence-electron chi connectivity index (χ2n) is 26.1. The van der Waals surface area contributed by atoms with Gasteiger partial charge in [0.05, 0.1) is 12.7 Å². The third-order valence-corrected chi connectivity index (χ3v) is 20.1. The lowest BCUT2D eigenvalue weighted by Crippen LogP contribution is -2.43. The number of aromatic amines is 2. The number of imidazole rings is 1. The van der Waals surface area contributed by atoms with Gasteiger partial charge in [0.2, 0.25) is 5.91 Å². The summed E-state index contributed by atoms with van der Waals surface area (Å²) in [6, 6.07) is 54.1. The van der Waals surface area contributed by atoms with Crippen LogP contribution in [-0.4, -0.2) is 138 Å². The number of hydrogen-bond donors (Lipinski definition) is 3. The summed E-state index contributed by atoms with van der Waals surface area (Å²) in [6.45, 7) is 12.2. The van der Waals surface area contributed by atoms with Gasteiger partial charge in [-0.05, 0) is 93.2 Å². The second kappa shape index (κ2) is 26.9. The molecule has 0 bridgehead atoms. The van der Waals surface area contributed by atoms with Crippen LogP contribution in [0.5, 0.6) is 0 Å². The number of amides is 3. The Hall–Kier alpha value is -9.59. The van der Waals surface area contributed by atoms with Crippen LogP contribution in [-0.2, 0) is 33.9 Å². The van der Waals surface area contributed by atoms with Gasteiger partial charge < -0.3 is 34.6 Å². The Bertz CT molecular complexity index is 4200. The molecule has 15 rings (SSSR count). The summed E-state index contributed by atoms with van der Waals surface area (Å²) < 4.78 is 13.5. The van der Waals surface area contributed by atoms with E-state index < -0.39 is 0 Å². The number of rotatable bonds is 14. The fourth-order valence-corrected chi connectivity index (χ4v) is 15.2. The van der Waals surface area contributed by atoms with E-state index in [0.29, 0.717) is 68.8 Å². The quantitative estimate of drug-likeness (QED) is 0.0925. The Morgan fingerprint density at radius 2 is 0.968 bits per heavy atom. The molecule has 6 aliphatic rings. The molecule has 19 nitrogen and oxygen atoms in total. The standard InChI is InChI=1S/C37H40N6O4.C37H38N6O3/c1-24-20-42(21-25-9-3-2-4-10-25)22-31(24)34-39-36(45)33(40-41-34)19-38-35(44)26-15-17-43(18-16-26)37(46)47-23-32-29-13-7-5-11-27(29)28-12-6-8-14-30(28)32;1-24-20-41(21-25-9-3-2-4-10-25)22-31(24)34-39-36(44)33-19-38-35(43(33)40-34)26-15-17-42(18-16-26)37(45)46-23-32-29-13-7-5-11-27(29)28-12-6-8-14-30(28)32/h2-14,24,26,31-32H,15-23H2,1H3,(H,38,44)(H,39,41,45);2-14,19,24,26,31-32H,15-18,20-23H2,1H3,(H,39,40,44). The van der Waals surface area contributed by atoms with Crippen LogP contribution in [0.4, 0.5) is 9.59 Å². The molecule has 3 amide bonds. The number of likely N-dealkylation sites (tertiary alicyclic amines) is 4. The van der Waals surface area contributed by atoms with Crippen LogP contribution in [0.25, 0.3) is 27.8 Å². The molecule has 3 N–H and O–H groups in total. The molecule has 4 unspecified atom stereocenters. The third kappa shape index (κ3) is 12.9. The fourth-order valence-electron chi connectivity index (χ4n) is 15.2. The summed E-state index contributed by atoms with van der Waals surface area (Å²) in [5.74, 6) is 2.74. The van der Waals surface area contributed by atoms with Crippen LogP contribution in [0.2, 0.25) is 0 Å². The first kappa shape index (κ1) is 60.9. The molecule has 0 radical (unpaired) electrons. The minimum Gasteiger partial charge on any atom is -0.448 e. The van der Waals surface area contributed by atoms with E-state index in [1.54, 1.807) is 20.5 Å². The van der Waals surface area contributed by atoms with E-state index in [0.717, 1.165) is 63.8 Å². The molecule has 0 saturated carbocycles. The van der Waals surface area contributed by atoms with Crippen molar-refractivity contribution < 1.29 is 23.9 Å². The number of carbonyl (C=O) groups is 3. The highest BCUT2D eigenvalue weighted by atomic mass is 16.6. The van der Waals surface area contributed by atoms with E-state index in [2.05, 4.69) is 151 Å². The molecule has 9 aromatic rings. The van der Waals surface area contributed by atoms with E-state index in [1.807, 2.05) is 60.7 Å². The molecule has 6 aromatic carbocycles. The highest BCUT2D eigenvalue weighted by Crippen LogP contribution is 2.46. The van der Waals surface area contributed by atoms with Gasteiger partial charge in [-0.15, -0.1) is 10.2 Å².